The van der Waals surface area contributed by atoms with Gasteiger partial charge in [-0.25, -0.2) is 9.78 Å². The van der Waals surface area contributed by atoms with Gasteiger partial charge in [-0.15, -0.1) is 0 Å². The third-order valence-corrected chi connectivity index (χ3v) is 2.71. The highest BCUT2D eigenvalue weighted by atomic mass is 16.4. The summed E-state index contributed by atoms with van der Waals surface area (Å²) in [7, 11) is 0. The van der Waals surface area contributed by atoms with E-state index in [0.717, 1.165) is 5.56 Å². The fourth-order valence-electron chi connectivity index (χ4n) is 1.69. The number of carbonyl (C=O) groups is 2. The maximum atomic E-state index is 11.9. The van der Waals surface area contributed by atoms with Crippen molar-refractivity contribution in [3.63, 3.8) is 0 Å². The van der Waals surface area contributed by atoms with Gasteiger partial charge in [0.25, 0.3) is 0 Å². The van der Waals surface area contributed by atoms with Crippen molar-refractivity contribution in [1.29, 1.82) is 0 Å². The average molecular weight is 271 g/mol. The first-order valence-corrected chi connectivity index (χ1v) is 5.96. The Morgan fingerprint density at radius 2 is 2.05 bits per heavy atom. The number of pyridine rings is 2. The van der Waals surface area contributed by atoms with Gasteiger partial charge in [0.2, 0.25) is 5.91 Å². The minimum atomic E-state index is -1.14. The first-order valence-electron chi connectivity index (χ1n) is 5.96. The van der Waals surface area contributed by atoms with Crippen LogP contribution in [0.15, 0.2) is 36.7 Å². The number of rotatable bonds is 4. The molecule has 2 aromatic rings. The highest BCUT2D eigenvalue weighted by Gasteiger charge is 2.09. The lowest BCUT2D eigenvalue weighted by molar-refractivity contribution is -0.115. The molecule has 2 N–H and O–H groups in total. The molecule has 0 unspecified atom stereocenters. The first kappa shape index (κ1) is 13.7. The zero-order chi connectivity index (χ0) is 14.5. The Morgan fingerprint density at radius 3 is 2.75 bits per heavy atom. The fraction of sp³-hybridized carbons (Fsp3) is 0.143. The summed E-state index contributed by atoms with van der Waals surface area (Å²) in [6.07, 6.45) is 3.10. The number of carbonyl (C=O) groups excluding carboxylic acids is 1. The van der Waals surface area contributed by atoms with Crippen LogP contribution in [0, 0.1) is 6.92 Å². The molecule has 2 rings (SSSR count). The van der Waals surface area contributed by atoms with Gasteiger partial charge in [0.05, 0.1) is 12.1 Å². The van der Waals surface area contributed by atoms with Gasteiger partial charge in [-0.1, -0.05) is 6.07 Å². The summed E-state index contributed by atoms with van der Waals surface area (Å²) < 4.78 is 0. The summed E-state index contributed by atoms with van der Waals surface area (Å²) in [6.45, 7) is 1.88. The molecule has 2 aromatic heterocycles. The van der Waals surface area contributed by atoms with Gasteiger partial charge in [-0.05, 0) is 30.7 Å². The number of anilines is 1. The fourth-order valence-corrected chi connectivity index (χ4v) is 1.69. The Balaban J connectivity index is 2.07. The highest BCUT2D eigenvalue weighted by molar-refractivity contribution is 5.93. The van der Waals surface area contributed by atoms with Crippen LogP contribution in [-0.4, -0.2) is 27.0 Å². The smallest absolute Gasteiger partial charge is 0.354 e. The van der Waals surface area contributed by atoms with Crippen molar-refractivity contribution < 1.29 is 14.7 Å². The van der Waals surface area contributed by atoms with E-state index in [1.807, 2.05) is 13.0 Å². The number of amides is 1. The molecule has 0 bridgehead atoms. The van der Waals surface area contributed by atoms with Crippen LogP contribution < -0.4 is 5.32 Å². The lowest BCUT2D eigenvalue weighted by Crippen LogP contribution is -2.16. The predicted octanol–water partition coefficient (Wildman–Crippen LogP) is 1.66. The van der Waals surface area contributed by atoms with Crippen molar-refractivity contribution in [2.75, 3.05) is 5.32 Å². The predicted molar refractivity (Wildman–Crippen MR) is 72.5 cm³/mol. The summed E-state index contributed by atoms with van der Waals surface area (Å²) in [4.78, 5) is 30.5. The Labute approximate surface area is 115 Å². The molecule has 0 atom stereocenters. The number of carboxylic acids is 1. The molecule has 6 heteroatoms. The molecule has 0 aliphatic heterocycles. The number of hydrogen-bond acceptors (Lipinski definition) is 4. The Hall–Kier alpha value is -2.76. The maximum Gasteiger partial charge on any atom is 0.354 e. The highest BCUT2D eigenvalue weighted by Crippen LogP contribution is 2.10. The van der Waals surface area contributed by atoms with Crippen LogP contribution in [0.1, 0.15) is 21.7 Å². The molecule has 0 saturated carbocycles. The second kappa shape index (κ2) is 5.92. The molecule has 0 spiro atoms. The van der Waals surface area contributed by atoms with Crippen molar-refractivity contribution in [3.05, 3.63) is 53.6 Å². The van der Waals surface area contributed by atoms with E-state index in [9.17, 15) is 9.59 Å². The van der Waals surface area contributed by atoms with Gasteiger partial charge in [0, 0.05) is 18.1 Å². The van der Waals surface area contributed by atoms with E-state index >= 15 is 0 Å². The molecule has 2 heterocycles. The van der Waals surface area contributed by atoms with Gasteiger partial charge in [-0.3, -0.25) is 9.78 Å². The quantitative estimate of drug-likeness (QED) is 0.882. The number of aryl methyl sites for hydroxylation is 1. The molecule has 1 amide bonds. The minimum Gasteiger partial charge on any atom is -0.477 e. The molecular formula is C14H13N3O3. The van der Waals surface area contributed by atoms with Crippen LogP contribution in [-0.2, 0) is 11.2 Å². The standard InChI is InChI=1S/C14H13N3O3/c1-9-3-2-5-15-11(9)8-13(18)17-10-4-6-16-12(7-10)14(19)20/h2-7H,8H2,1H3,(H,19,20)(H,16,17,18). The van der Waals surface area contributed by atoms with E-state index in [1.165, 1.54) is 18.3 Å². The SMILES string of the molecule is Cc1cccnc1CC(=O)Nc1ccnc(C(=O)O)c1. The van der Waals surface area contributed by atoms with Gasteiger partial charge in [0.1, 0.15) is 5.69 Å². The third kappa shape index (κ3) is 3.38. The summed E-state index contributed by atoms with van der Waals surface area (Å²) in [6, 6.07) is 6.53. The Kier molecular flexibility index (Phi) is 4.05. The molecular weight excluding hydrogens is 258 g/mol. The number of nitrogens with zero attached hydrogens (tertiary/aromatic N) is 2. The van der Waals surface area contributed by atoms with Gasteiger partial charge < -0.3 is 10.4 Å². The Bertz CT molecular complexity index is 656. The summed E-state index contributed by atoms with van der Waals surface area (Å²) in [5.74, 6) is -1.39. The number of carboxylic acid groups (broad SMARTS) is 1. The molecule has 0 fully saturated rings. The topological polar surface area (TPSA) is 92.2 Å². The van der Waals surface area contributed by atoms with Crippen LogP contribution in [0.2, 0.25) is 0 Å². The second-order valence-electron chi connectivity index (χ2n) is 4.23. The third-order valence-electron chi connectivity index (χ3n) is 2.71. The zero-order valence-electron chi connectivity index (χ0n) is 10.8. The minimum absolute atomic E-state index is 0.114. The summed E-state index contributed by atoms with van der Waals surface area (Å²) in [5.41, 5.74) is 1.91. The van der Waals surface area contributed by atoms with E-state index in [2.05, 4.69) is 15.3 Å². The normalized spacial score (nSPS) is 10.1. The van der Waals surface area contributed by atoms with Crippen molar-refractivity contribution >= 4 is 17.6 Å². The molecule has 20 heavy (non-hydrogen) atoms. The zero-order valence-corrected chi connectivity index (χ0v) is 10.8. The van der Waals surface area contributed by atoms with Gasteiger partial charge in [-0.2, -0.15) is 0 Å². The lowest BCUT2D eigenvalue weighted by atomic mass is 10.1. The van der Waals surface area contributed by atoms with Crippen molar-refractivity contribution in [2.45, 2.75) is 13.3 Å². The second-order valence-corrected chi connectivity index (χ2v) is 4.23. The maximum absolute atomic E-state index is 11.9. The van der Waals surface area contributed by atoms with Gasteiger partial charge in [0.15, 0.2) is 0 Å². The molecule has 0 aromatic carbocycles. The lowest BCUT2D eigenvalue weighted by Gasteiger charge is -2.07. The summed E-state index contributed by atoms with van der Waals surface area (Å²) >= 11 is 0. The van der Waals surface area contributed by atoms with Crippen molar-refractivity contribution in [3.8, 4) is 0 Å². The number of hydrogen-bond donors (Lipinski definition) is 2. The van der Waals surface area contributed by atoms with Crippen LogP contribution >= 0.6 is 0 Å². The molecule has 0 aliphatic carbocycles. The van der Waals surface area contributed by atoms with Crippen LogP contribution in [0.25, 0.3) is 0 Å². The van der Waals surface area contributed by atoms with Crippen molar-refractivity contribution in [1.82, 2.24) is 9.97 Å². The van der Waals surface area contributed by atoms with Gasteiger partial charge >= 0.3 is 5.97 Å². The van der Waals surface area contributed by atoms with Crippen molar-refractivity contribution in [2.24, 2.45) is 0 Å². The Morgan fingerprint density at radius 1 is 1.25 bits per heavy atom. The van der Waals surface area contributed by atoms with E-state index in [0.29, 0.717) is 11.4 Å². The largest absolute Gasteiger partial charge is 0.477 e. The monoisotopic (exact) mass is 271 g/mol. The number of aromatic nitrogens is 2. The molecule has 102 valence electrons. The van der Waals surface area contributed by atoms with E-state index < -0.39 is 5.97 Å². The van der Waals surface area contributed by atoms with E-state index in [-0.39, 0.29) is 18.0 Å². The van der Waals surface area contributed by atoms with Crippen LogP contribution in [0.4, 0.5) is 5.69 Å². The molecule has 0 radical (unpaired) electrons. The van der Waals surface area contributed by atoms with Crippen LogP contribution in [0.5, 0.6) is 0 Å². The molecule has 6 nitrogen and oxygen atoms in total. The van der Waals surface area contributed by atoms with E-state index in [1.54, 1.807) is 12.3 Å². The molecule has 0 saturated heterocycles. The first-order chi connectivity index (χ1) is 9.56. The van der Waals surface area contributed by atoms with Crippen LogP contribution in [0.3, 0.4) is 0 Å². The molecule has 0 aliphatic rings. The average Bonchev–Trinajstić information content (AvgIpc) is 2.41. The summed E-state index contributed by atoms with van der Waals surface area (Å²) in [5, 5.41) is 11.5. The van der Waals surface area contributed by atoms with E-state index in [4.69, 9.17) is 5.11 Å². The number of nitrogens with one attached hydrogen (secondary N) is 1. The number of aromatic carboxylic acids is 1.